The number of amides is 3. The molecule has 0 saturated heterocycles. The molecule has 4 N–H and O–H groups in total. The average Bonchev–Trinajstić information content (AvgIpc) is 2.65. The van der Waals surface area contributed by atoms with E-state index in [-0.39, 0.29) is 47.2 Å². The van der Waals surface area contributed by atoms with Gasteiger partial charge in [0.2, 0.25) is 5.91 Å². The summed E-state index contributed by atoms with van der Waals surface area (Å²) >= 11 is 6.12. The number of nitrogens with two attached hydrogens (primary N) is 1. The molecule has 1 aliphatic carbocycles. The Hall–Kier alpha value is -2.48. The van der Waals surface area contributed by atoms with Gasteiger partial charge in [-0.15, -0.1) is 0 Å². The molecule has 0 aliphatic heterocycles. The van der Waals surface area contributed by atoms with Crippen LogP contribution in [0.2, 0.25) is 5.02 Å². The van der Waals surface area contributed by atoms with E-state index in [0.717, 1.165) is 25.7 Å². The van der Waals surface area contributed by atoms with Crippen LogP contribution in [0.15, 0.2) is 12.1 Å². The number of nitrogens with one attached hydrogen (secondary N) is 2. The average molecular weight is 398 g/mol. The van der Waals surface area contributed by atoms with Crippen LogP contribution in [0.4, 0.5) is 0 Å². The molecular weight excluding hydrogens is 374 g/mol. The summed E-state index contributed by atoms with van der Waals surface area (Å²) < 4.78 is 10.4. The molecule has 1 aliphatic rings. The maximum atomic E-state index is 12.3. The molecular formula is C18H24ClN3O5. The minimum Gasteiger partial charge on any atom is -0.493 e. The molecule has 0 unspecified atom stereocenters. The Labute approximate surface area is 162 Å². The molecule has 0 bridgehead atoms. The molecule has 0 spiro atoms. The lowest BCUT2D eigenvalue weighted by molar-refractivity contribution is -0.121. The summed E-state index contributed by atoms with van der Waals surface area (Å²) in [5, 5.41) is 5.57. The Morgan fingerprint density at radius 2 is 1.93 bits per heavy atom. The van der Waals surface area contributed by atoms with Gasteiger partial charge in [-0.05, 0) is 25.0 Å². The normalized spacial score (nSPS) is 14.3. The highest BCUT2D eigenvalue weighted by molar-refractivity contribution is 6.32. The van der Waals surface area contributed by atoms with Crippen LogP contribution in [0, 0.1) is 0 Å². The van der Waals surface area contributed by atoms with Crippen molar-refractivity contribution in [3.05, 3.63) is 22.7 Å². The number of ether oxygens (including phenoxy) is 2. The highest BCUT2D eigenvalue weighted by Gasteiger charge is 2.19. The maximum absolute atomic E-state index is 12.3. The van der Waals surface area contributed by atoms with Crippen molar-refractivity contribution in [1.82, 2.24) is 10.6 Å². The smallest absolute Gasteiger partial charge is 0.255 e. The van der Waals surface area contributed by atoms with E-state index in [1.165, 1.54) is 25.7 Å². The Morgan fingerprint density at radius 1 is 1.22 bits per heavy atom. The minimum absolute atomic E-state index is 0.0902. The highest BCUT2D eigenvalue weighted by atomic mass is 35.5. The predicted molar refractivity (Wildman–Crippen MR) is 100 cm³/mol. The van der Waals surface area contributed by atoms with Crippen LogP contribution in [0.5, 0.6) is 11.5 Å². The van der Waals surface area contributed by atoms with Crippen molar-refractivity contribution in [3.8, 4) is 11.5 Å². The predicted octanol–water partition coefficient (Wildman–Crippen LogP) is 1.39. The van der Waals surface area contributed by atoms with Gasteiger partial charge in [-0.1, -0.05) is 30.9 Å². The van der Waals surface area contributed by atoms with Crippen molar-refractivity contribution >= 4 is 29.3 Å². The van der Waals surface area contributed by atoms with Gasteiger partial charge >= 0.3 is 0 Å². The van der Waals surface area contributed by atoms with E-state index in [2.05, 4.69) is 10.6 Å². The van der Waals surface area contributed by atoms with Crippen molar-refractivity contribution in [2.45, 2.75) is 38.1 Å². The first-order chi connectivity index (χ1) is 12.9. The van der Waals surface area contributed by atoms with Crippen molar-refractivity contribution in [1.29, 1.82) is 0 Å². The Balaban J connectivity index is 1.95. The number of benzene rings is 1. The van der Waals surface area contributed by atoms with E-state index in [4.69, 9.17) is 26.8 Å². The third kappa shape index (κ3) is 6.32. The van der Waals surface area contributed by atoms with Crippen LogP contribution < -0.4 is 25.8 Å². The fraction of sp³-hybridized carbons (Fsp3) is 0.500. The summed E-state index contributed by atoms with van der Waals surface area (Å²) in [4.78, 5) is 35.2. The lowest BCUT2D eigenvalue weighted by Crippen LogP contribution is -2.42. The number of primary amides is 1. The topological polar surface area (TPSA) is 120 Å². The Bertz CT molecular complexity index is 704. The lowest BCUT2D eigenvalue weighted by Gasteiger charge is -2.22. The van der Waals surface area contributed by atoms with Crippen LogP contribution in [-0.4, -0.2) is 44.0 Å². The third-order valence-electron chi connectivity index (χ3n) is 4.23. The highest BCUT2D eigenvalue weighted by Crippen LogP contribution is 2.36. The van der Waals surface area contributed by atoms with Gasteiger partial charge in [-0.25, -0.2) is 0 Å². The first kappa shape index (κ1) is 20.8. The van der Waals surface area contributed by atoms with Gasteiger partial charge in [0.1, 0.15) is 0 Å². The number of rotatable bonds is 8. The Kier molecular flexibility index (Phi) is 7.72. The fourth-order valence-corrected chi connectivity index (χ4v) is 3.19. The van der Waals surface area contributed by atoms with Crippen molar-refractivity contribution in [2.24, 2.45) is 5.73 Å². The maximum Gasteiger partial charge on any atom is 0.255 e. The molecule has 8 nitrogen and oxygen atoms in total. The van der Waals surface area contributed by atoms with Crippen LogP contribution in [-0.2, 0) is 9.59 Å². The first-order valence-corrected chi connectivity index (χ1v) is 9.14. The molecule has 0 heterocycles. The molecule has 9 heteroatoms. The van der Waals surface area contributed by atoms with E-state index < -0.39 is 11.8 Å². The quantitative estimate of drug-likeness (QED) is 0.612. The lowest BCUT2D eigenvalue weighted by atomic mass is 9.95. The van der Waals surface area contributed by atoms with Gasteiger partial charge in [0.05, 0.1) is 18.7 Å². The number of carbonyl (C=O) groups is 3. The number of methoxy groups -OCH3 is 1. The summed E-state index contributed by atoms with van der Waals surface area (Å²) in [7, 11) is 1.38. The van der Waals surface area contributed by atoms with Crippen molar-refractivity contribution < 1.29 is 23.9 Å². The van der Waals surface area contributed by atoms with Gasteiger partial charge in [-0.3, -0.25) is 14.4 Å². The monoisotopic (exact) mass is 397 g/mol. The molecule has 1 aromatic rings. The summed E-state index contributed by atoms with van der Waals surface area (Å²) in [5.74, 6) is -1.07. The van der Waals surface area contributed by atoms with E-state index in [1.54, 1.807) is 0 Å². The van der Waals surface area contributed by atoms with E-state index in [9.17, 15) is 14.4 Å². The molecule has 148 valence electrons. The number of hydrogen-bond acceptors (Lipinski definition) is 5. The largest absolute Gasteiger partial charge is 0.493 e. The summed E-state index contributed by atoms with van der Waals surface area (Å²) in [6.07, 6.45) is 5.36. The third-order valence-corrected chi connectivity index (χ3v) is 4.51. The van der Waals surface area contributed by atoms with Crippen molar-refractivity contribution in [3.63, 3.8) is 0 Å². The standard InChI is InChI=1S/C18H24ClN3O5/c1-26-14-8-11(7-13(19)17(14)27-10-15(20)23)18(25)21-9-16(24)22-12-5-3-2-4-6-12/h7-8,12H,2-6,9-10H2,1H3,(H2,20,23)(H,21,25)(H,22,24). The molecule has 0 radical (unpaired) electrons. The molecule has 0 atom stereocenters. The van der Waals surface area contributed by atoms with Gasteiger partial charge in [0.25, 0.3) is 11.8 Å². The van der Waals surface area contributed by atoms with Crippen molar-refractivity contribution in [2.75, 3.05) is 20.3 Å². The molecule has 1 fully saturated rings. The van der Waals surface area contributed by atoms with E-state index >= 15 is 0 Å². The van der Waals surface area contributed by atoms with Crippen LogP contribution in [0.25, 0.3) is 0 Å². The summed E-state index contributed by atoms with van der Waals surface area (Å²) in [6, 6.07) is 2.96. The number of carbonyl (C=O) groups excluding carboxylic acids is 3. The second kappa shape index (κ2) is 10.0. The number of halogens is 1. The zero-order valence-corrected chi connectivity index (χ0v) is 15.9. The summed E-state index contributed by atoms with van der Waals surface area (Å²) in [5.41, 5.74) is 5.25. The van der Waals surface area contributed by atoms with E-state index in [0.29, 0.717) is 0 Å². The second-order valence-corrected chi connectivity index (χ2v) is 6.74. The van der Waals surface area contributed by atoms with Gasteiger partial charge in [-0.2, -0.15) is 0 Å². The molecule has 1 aromatic carbocycles. The minimum atomic E-state index is -0.668. The Morgan fingerprint density at radius 3 is 2.56 bits per heavy atom. The molecule has 1 saturated carbocycles. The first-order valence-electron chi connectivity index (χ1n) is 8.77. The van der Waals surface area contributed by atoms with Crippen LogP contribution in [0.1, 0.15) is 42.5 Å². The van der Waals surface area contributed by atoms with Crippen LogP contribution in [0.3, 0.4) is 0 Å². The molecule has 3 amide bonds. The molecule has 2 rings (SSSR count). The van der Waals surface area contributed by atoms with E-state index in [1.807, 2.05) is 0 Å². The summed E-state index contributed by atoms with van der Waals surface area (Å²) in [6.45, 7) is -0.502. The number of hydrogen-bond donors (Lipinski definition) is 3. The molecule has 27 heavy (non-hydrogen) atoms. The van der Waals surface area contributed by atoms with Gasteiger partial charge in [0.15, 0.2) is 18.1 Å². The zero-order chi connectivity index (χ0) is 19.8. The SMILES string of the molecule is COc1cc(C(=O)NCC(=O)NC2CCCCC2)cc(Cl)c1OCC(N)=O. The van der Waals surface area contributed by atoms with Crippen LogP contribution >= 0.6 is 11.6 Å². The van der Waals surface area contributed by atoms with Gasteiger partial charge < -0.3 is 25.8 Å². The zero-order valence-electron chi connectivity index (χ0n) is 15.2. The molecule has 0 aromatic heterocycles. The van der Waals surface area contributed by atoms with Gasteiger partial charge in [0, 0.05) is 11.6 Å². The second-order valence-electron chi connectivity index (χ2n) is 6.33. The fourth-order valence-electron chi connectivity index (χ4n) is 2.92.